The van der Waals surface area contributed by atoms with Crippen LogP contribution in [0.25, 0.3) is 0 Å². The minimum Gasteiger partial charge on any atom is -0.756 e. The van der Waals surface area contributed by atoms with Gasteiger partial charge in [0.25, 0.3) is 7.82 Å². The minimum absolute atomic E-state index is 0.0327. The fraction of sp³-hybridized carbons (Fsp3) is 0.880. The Bertz CT molecular complexity index is 1070. The number of quaternary nitrogens is 1. The van der Waals surface area contributed by atoms with E-state index in [1.165, 1.54) is 161 Å². The van der Waals surface area contributed by atoms with Gasteiger partial charge in [0.2, 0.25) is 0 Å². The van der Waals surface area contributed by atoms with Crippen LogP contribution in [0.1, 0.15) is 232 Å². The number of rotatable bonds is 46. The number of phosphoric ester groups is 1. The third-order valence-electron chi connectivity index (χ3n) is 10.9. The molecule has 0 heterocycles. The van der Waals surface area contributed by atoms with Crippen LogP contribution in [0.4, 0.5) is 0 Å². The van der Waals surface area contributed by atoms with Crippen molar-refractivity contribution in [3.05, 3.63) is 24.3 Å². The van der Waals surface area contributed by atoms with Crippen molar-refractivity contribution in [1.82, 2.24) is 0 Å². The van der Waals surface area contributed by atoms with Crippen molar-refractivity contribution in [2.75, 3.05) is 47.5 Å². The zero-order valence-corrected chi connectivity index (χ0v) is 40.8. The van der Waals surface area contributed by atoms with Gasteiger partial charge in [-0.25, -0.2) is 0 Å². The normalized spacial score (nSPS) is 13.6. The quantitative estimate of drug-likeness (QED) is 0.0195. The van der Waals surface area contributed by atoms with E-state index >= 15 is 0 Å². The lowest BCUT2D eigenvalue weighted by Gasteiger charge is -2.28. The zero-order chi connectivity index (χ0) is 44.3. The lowest BCUT2D eigenvalue weighted by molar-refractivity contribution is -0.870. The molecule has 60 heavy (non-hydrogen) atoms. The molecule has 10 heteroatoms. The number of hydrogen-bond acceptors (Lipinski definition) is 8. The molecular formula is C50H96NO8P. The molecule has 0 radical (unpaired) electrons. The van der Waals surface area contributed by atoms with Crippen molar-refractivity contribution in [1.29, 1.82) is 0 Å². The molecule has 0 aromatic rings. The maximum absolute atomic E-state index is 12.7. The van der Waals surface area contributed by atoms with E-state index < -0.39 is 26.5 Å². The van der Waals surface area contributed by atoms with Gasteiger partial charge >= 0.3 is 11.9 Å². The summed E-state index contributed by atoms with van der Waals surface area (Å²) < 4.78 is 34.0. The van der Waals surface area contributed by atoms with Gasteiger partial charge in [0.05, 0.1) is 27.7 Å². The number of unbranched alkanes of at least 4 members (excludes halogenated alkanes) is 28. The highest BCUT2D eigenvalue weighted by Crippen LogP contribution is 2.38. The first-order valence-electron chi connectivity index (χ1n) is 25.0. The molecule has 0 amide bonds. The van der Waals surface area contributed by atoms with Gasteiger partial charge in [-0.1, -0.05) is 179 Å². The summed E-state index contributed by atoms with van der Waals surface area (Å²) >= 11 is 0. The van der Waals surface area contributed by atoms with E-state index in [0.717, 1.165) is 38.5 Å². The van der Waals surface area contributed by atoms with Crippen LogP contribution in [0.5, 0.6) is 0 Å². The summed E-state index contributed by atoms with van der Waals surface area (Å²) in [4.78, 5) is 37.6. The molecule has 0 rings (SSSR count). The topological polar surface area (TPSA) is 111 Å². The molecule has 0 aliphatic carbocycles. The number of ether oxygens (including phenoxy) is 2. The highest BCUT2D eigenvalue weighted by molar-refractivity contribution is 7.45. The van der Waals surface area contributed by atoms with Crippen LogP contribution in [-0.4, -0.2) is 70.0 Å². The number of nitrogens with zero attached hydrogens (tertiary/aromatic N) is 1. The predicted octanol–water partition coefficient (Wildman–Crippen LogP) is 14.1. The number of likely N-dealkylation sites (N-methyl/N-ethyl adjacent to an activating group) is 1. The van der Waals surface area contributed by atoms with E-state index in [9.17, 15) is 19.0 Å². The summed E-state index contributed by atoms with van der Waals surface area (Å²) in [6, 6.07) is 0. The average molecular weight is 870 g/mol. The molecule has 0 aliphatic heterocycles. The molecule has 354 valence electrons. The maximum atomic E-state index is 12.7. The Morgan fingerprint density at radius 1 is 0.500 bits per heavy atom. The Morgan fingerprint density at radius 3 is 1.27 bits per heavy atom. The second-order valence-electron chi connectivity index (χ2n) is 18.2. The van der Waals surface area contributed by atoms with Gasteiger partial charge in [-0.2, -0.15) is 0 Å². The van der Waals surface area contributed by atoms with Crippen LogP contribution in [0, 0.1) is 0 Å². The smallest absolute Gasteiger partial charge is 0.306 e. The SMILES string of the molecule is CCCCCCCC/C=C/CCCCCCCCCCCCCC(=O)OC[C@@H](COP(=O)([O-])OCC[N+](C)(C)C)OC(=O)CCCC/C=C/CCCCCCCCCCC. The first-order chi connectivity index (χ1) is 29.0. The molecule has 2 atom stereocenters. The summed E-state index contributed by atoms with van der Waals surface area (Å²) in [5, 5.41) is 0. The minimum atomic E-state index is -4.63. The highest BCUT2D eigenvalue weighted by Gasteiger charge is 2.21. The number of allylic oxidation sites excluding steroid dienone is 4. The van der Waals surface area contributed by atoms with Gasteiger partial charge in [-0.3, -0.25) is 14.2 Å². The second-order valence-corrected chi connectivity index (χ2v) is 19.6. The van der Waals surface area contributed by atoms with E-state index in [1.807, 2.05) is 21.1 Å². The second kappa shape index (κ2) is 42.8. The standard InChI is InChI=1S/C50H96NO8P/c1-6-8-10-12-14-16-18-20-22-23-24-25-26-27-29-30-32-34-36-38-40-42-49(52)56-46-48(47-58-60(54,55)57-45-44-51(3,4)5)59-50(53)43-41-39-37-35-33-31-28-21-19-17-15-13-11-9-7-2/h20,22,33,35,48H,6-19,21,23-32,34,36-47H2,1-5H3/b22-20+,35-33+/t48-/m0/s1. The van der Waals surface area contributed by atoms with Gasteiger partial charge in [0, 0.05) is 12.8 Å². The number of carbonyl (C=O) groups is 2. The van der Waals surface area contributed by atoms with Gasteiger partial charge in [-0.15, -0.1) is 0 Å². The van der Waals surface area contributed by atoms with E-state index in [1.54, 1.807) is 0 Å². The van der Waals surface area contributed by atoms with Crippen molar-refractivity contribution >= 4 is 19.8 Å². The summed E-state index contributed by atoms with van der Waals surface area (Å²) in [5.41, 5.74) is 0. The number of phosphoric acid groups is 1. The van der Waals surface area contributed by atoms with Gasteiger partial charge in [0.1, 0.15) is 19.8 Å². The average Bonchev–Trinajstić information content (AvgIpc) is 3.20. The molecule has 1 unspecified atom stereocenters. The van der Waals surface area contributed by atoms with Gasteiger partial charge < -0.3 is 27.9 Å². The lowest BCUT2D eigenvalue weighted by atomic mass is 10.0. The fourth-order valence-corrected chi connectivity index (χ4v) is 7.73. The Labute approximate surface area is 370 Å². The van der Waals surface area contributed by atoms with E-state index in [0.29, 0.717) is 17.4 Å². The molecule has 0 N–H and O–H groups in total. The number of carbonyl (C=O) groups excluding carboxylic acids is 2. The predicted molar refractivity (Wildman–Crippen MR) is 250 cm³/mol. The van der Waals surface area contributed by atoms with Crippen LogP contribution in [-0.2, 0) is 32.7 Å². The van der Waals surface area contributed by atoms with Crippen LogP contribution in [0.3, 0.4) is 0 Å². The van der Waals surface area contributed by atoms with Crippen LogP contribution in [0.2, 0.25) is 0 Å². The van der Waals surface area contributed by atoms with Crippen molar-refractivity contribution in [3.63, 3.8) is 0 Å². The summed E-state index contributed by atoms with van der Waals surface area (Å²) in [6.45, 7) is 4.23. The third-order valence-corrected chi connectivity index (χ3v) is 11.9. The molecule has 0 spiro atoms. The molecule has 0 fully saturated rings. The molecule has 0 bridgehead atoms. The summed E-state index contributed by atoms with van der Waals surface area (Å²) in [7, 11) is 1.16. The van der Waals surface area contributed by atoms with E-state index in [4.69, 9.17) is 18.5 Å². The van der Waals surface area contributed by atoms with E-state index in [-0.39, 0.29) is 32.0 Å². The summed E-state index contributed by atoms with van der Waals surface area (Å²) in [5.74, 6) is -0.852. The van der Waals surface area contributed by atoms with Gasteiger partial charge in [0.15, 0.2) is 6.10 Å². The zero-order valence-electron chi connectivity index (χ0n) is 39.9. The molecule has 9 nitrogen and oxygen atoms in total. The van der Waals surface area contributed by atoms with Gasteiger partial charge in [-0.05, 0) is 64.2 Å². The van der Waals surface area contributed by atoms with Crippen molar-refractivity contribution in [2.24, 2.45) is 0 Å². The number of hydrogen-bond donors (Lipinski definition) is 0. The molecule has 0 aromatic heterocycles. The molecule has 0 saturated heterocycles. The van der Waals surface area contributed by atoms with Crippen molar-refractivity contribution in [3.8, 4) is 0 Å². The monoisotopic (exact) mass is 870 g/mol. The summed E-state index contributed by atoms with van der Waals surface area (Å²) in [6.07, 6.45) is 47.8. The van der Waals surface area contributed by atoms with Crippen LogP contribution in [0.15, 0.2) is 24.3 Å². The maximum Gasteiger partial charge on any atom is 0.306 e. The first kappa shape index (κ1) is 58.5. The molecular weight excluding hydrogens is 774 g/mol. The third kappa shape index (κ3) is 46.0. The fourth-order valence-electron chi connectivity index (χ4n) is 7.00. The molecule has 0 saturated carbocycles. The molecule has 0 aromatic carbocycles. The van der Waals surface area contributed by atoms with Crippen molar-refractivity contribution < 1.29 is 42.1 Å². The van der Waals surface area contributed by atoms with Crippen LogP contribution >= 0.6 is 7.82 Å². The Kier molecular flexibility index (Phi) is 41.7. The Balaban J connectivity index is 4.24. The lowest BCUT2D eigenvalue weighted by Crippen LogP contribution is -2.37. The van der Waals surface area contributed by atoms with Crippen molar-refractivity contribution in [2.45, 2.75) is 238 Å². The highest BCUT2D eigenvalue weighted by atomic mass is 31.2. The Morgan fingerprint density at radius 2 is 0.850 bits per heavy atom. The Hall–Kier alpha value is -1.51. The number of esters is 2. The van der Waals surface area contributed by atoms with Crippen LogP contribution < -0.4 is 4.89 Å². The first-order valence-corrected chi connectivity index (χ1v) is 26.5. The largest absolute Gasteiger partial charge is 0.756 e. The van der Waals surface area contributed by atoms with E-state index in [2.05, 4.69) is 38.2 Å². The molecule has 0 aliphatic rings.